The minimum atomic E-state index is -1.23. The van der Waals surface area contributed by atoms with Gasteiger partial charge < -0.3 is 29.3 Å². The third kappa shape index (κ3) is 47.6. The molecule has 0 spiro atoms. The zero-order valence-electron chi connectivity index (χ0n) is 27.1. The van der Waals surface area contributed by atoms with Crippen molar-refractivity contribution in [3.05, 3.63) is 24.7 Å². The summed E-state index contributed by atoms with van der Waals surface area (Å²) >= 11 is 0. The largest absolute Gasteiger partial charge is 1.00 e. The van der Waals surface area contributed by atoms with E-state index in [1.54, 1.807) is 0 Å². The Morgan fingerprint density at radius 1 is 0.476 bits per heavy atom. The molecule has 8 nitrogen and oxygen atoms in total. The molecule has 0 aliphatic carbocycles. The van der Waals surface area contributed by atoms with E-state index >= 15 is 0 Å². The Labute approximate surface area is 340 Å². The average molecular weight is 645 g/mol. The fourth-order valence-corrected chi connectivity index (χ4v) is 3.70. The van der Waals surface area contributed by atoms with Gasteiger partial charge in [-0.1, -0.05) is 104 Å². The number of carboxylic acids is 2. The number of ether oxygens (including phenoxy) is 2. The van der Waals surface area contributed by atoms with Crippen molar-refractivity contribution in [3.63, 3.8) is 0 Å². The van der Waals surface area contributed by atoms with Gasteiger partial charge in [-0.15, -0.1) is 0 Å². The molecule has 0 radical (unpaired) electrons. The van der Waals surface area contributed by atoms with Gasteiger partial charge in [-0.05, 0) is 50.7 Å². The van der Waals surface area contributed by atoms with Crippen LogP contribution in [0.5, 0.6) is 0 Å². The molecule has 0 N–H and O–H groups in total. The van der Waals surface area contributed by atoms with Crippen molar-refractivity contribution >= 4 is 23.9 Å². The number of aliphatic carboxylic acids is 2. The number of rotatable bonds is 26. The molecule has 0 fully saturated rings. The molecule has 0 amide bonds. The smallest absolute Gasteiger partial charge is 0.550 e. The normalized spacial score (nSPS) is 10.3. The second-order valence-electron chi connectivity index (χ2n) is 9.99. The van der Waals surface area contributed by atoms with E-state index in [2.05, 4.69) is 13.8 Å². The van der Waals surface area contributed by atoms with Gasteiger partial charge >= 0.3 is 115 Å². The van der Waals surface area contributed by atoms with Crippen molar-refractivity contribution in [2.75, 3.05) is 0 Å². The average Bonchev–Trinajstić information content (AvgIpc) is 2.92. The Bertz CT molecular complexity index is 638. The summed E-state index contributed by atoms with van der Waals surface area (Å²) in [4.78, 5) is 42.3. The maximum atomic E-state index is 11.0. The molecule has 0 atom stereocenters. The van der Waals surface area contributed by atoms with Crippen LogP contribution in [0, 0.1) is 0 Å². The summed E-state index contributed by atoms with van der Waals surface area (Å²) in [6, 6.07) is 0. The first kappa shape index (κ1) is 49.5. The molecule has 42 heavy (non-hydrogen) atoms. The molecule has 0 unspecified atom stereocenters. The molecule has 0 aromatic rings. The SMILES string of the molecule is CCCCCCCCCCC=COC(=O)CCC(=O)[O-].CCCCCCCCCCC=COC(=O)CCC(=O)[O-].[K+].[K+]. The summed E-state index contributed by atoms with van der Waals surface area (Å²) in [5.41, 5.74) is 0. The first-order valence-corrected chi connectivity index (χ1v) is 15.4. The van der Waals surface area contributed by atoms with E-state index in [-0.39, 0.29) is 128 Å². The first-order valence-electron chi connectivity index (χ1n) is 15.4. The molecule has 0 aromatic carbocycles. The van der Waals surface area contributed by atoms with E-state index < -0.39 is 23.9 Å². The van der Waals surface area contributed by atoms with Crippen LogP contribution in [0.2, 0.25) is 0 Å². The fourth-order valence-electron chi connectivity index (χ4n) is 3.70. The predicted molar refractivity (Wildman–Crippen MR) is 153 cm³/mol. The van der Waals surface area contributed by atoms with E-state index in [0.717, 1.165) is 25.7 Å². The van der Waals surface area contributed by atoms with Gasteiger partial charge in [-0.25, -0.2) is 0 Å². The molecule has 0 saturated carbocycles. The molecule has 0 aromatic heterocycles. The van der Waals surface area contributed by atoms with Crippen LogP contribution in [-0.2, 0) is 28.7 Å². The zero-order chi connectivity index (χ0) is 30.1. The quantitative estimate of drug-likeness (QED) is 0.0566. The number of carbonyl (C=O) groups is 4. The van der Waals surface area contributed by atoms with Crippen molar-refractivity contribution in [2.45, 2.75) is 155 Å². The third-order valence-electron chi connectivity index (χ3n) is 6.11. The van der Waals surface area contributed by atoms with Crippen LogP contribution in [0.1, 0.15) is 155 Å². The van der Waals surface area contributed by atoms with E-state index in [0.29, 0.717) is 0 Å². The fraction of sp³-hybridized carbons (Fsp3) is 0.750. The van der Waals surface area contributed by atoms with Gasteiger partial charge in [-0.3, -0.25) is 9.59 Å². The van der Waals surface area contributed by atoms with Crippen LogP contribution in [0.3, 0.4) is 0 Å². The van der Waals surface area contributed by atoms with Gasteiger partial charge in [0.25, 0.3) is 0 Å². The number of allylic oxidation sites excluding steroid dienone is 2. The molecule has 0 aliphatic rings. The van der Waals surface area contributed by atoms with E-state index in [4.69, 9.17) is 9.47 Å². The molecular formula is C32H54K2O8. The number of hydrogen-bond donors (Lipinski definition) is 0. The molecule has 0 bridgehead atoms. The Kier molecular flexibility index (Phi) is 49.1. The Balaban J connectivity index is -0.000000328. The van der Waals surface area contributed by atoms with Crippen molar-refractivity contribution in [2.24, 2.45) is 0 Å². The molecule has 0 heterocycles. The summed E-state index contributed by atoms with van der Waals surface area (Å²) < 4.78 is 9.51. The molecule has 10 heteroatoms. The van der Waals surface area contributed by atoms with Crippen molar-refractivity contribution in [1.82, 2.24) is 0 Å². The van der Waals surface area contributed by atoms with Crippen LogP contribution in [-0.4, -0.2) is 23.9 Å². The standard InChI is InChI=1S/2C16H28O4.2K/c2*1-2-3-4-5-6-7-8-9-10-11-14-20-16(19)13-12-15(17)18;;/h2*11,14H,2-10,12-13H2,1H3,(H,17,18);;/q;;2*+1/p-2. The molecular weight excluding hydrogens is 591 g/mol. The van der Waals surface area contributed by atoms with Crippen LogP contribution in [0.4, 0.5) is 0 Å². The van der Waals surface area contributed by atoms with Crippen LogP contribution < -0.4 is 113 Å². The number of esters is 2. The molecule has 0 aliphatic heterocycles. The minimum absolute atomic E-state index is 0. The number of unbranched alkanes of at least 4 members (excludes halogenated alkanes) is 16. The molecule has 0 saturated heterocycles. The van der Waals surface area contributed by atoms with Gasteiger partial charge in [0.15, 0.2) is 0 Å². The summed E-state index contributed by atoms with van der Waals surface area (Å²) in [6.07, 6.45) is 27.6. The minimum Gasteiger partial charge on any atom is -0.550 e. The Hall–Kier alpha value is 0.633. The van der Waals surface area contributed by atoms with E-state index in [1.165, 1.54) is 102 Å². The third-order valence-corrected chi connectivity index (χ3v) is 6.11. The second kappa shape index (κ2) is 41.6. The topological polar surface area (TPSA) is 133 Å². The summed E-state index contributed by atoms with van der Waals surface area (Å²) in [5, 5.41) is 20.3. The number of hydrogen-bond acceptors (Lipinski definition) is 8. The Morgan fingerprint density at radius 2 is 0.762 bits per heavy atom. The van der Waals surface area contributed by atoms with Gasteiger partial charge in [0, 0.05) is 11.9 Å². The second-order valence-corrected chi connectivity index (χ2v) is 9.99. The van der Waals surface area contributed by atoms with Crippen LogP contribution >= 0.6 is 0 Å². The van der Waals surface area contributed by atoms with Crippen LogP contribution in [0.25, 0.3) is 0 Å². The molecule has 0 rings (SSSR count). The van der Waals surface area contributed by atoms with E-state index in [1.807, 2.05) is 12.2 Å². The maximum absolute atomic E-state index is 11.0. The van der Waals surface area contributed by atoms with Gasteiger partial charge in [0.2, 0.25) is 0 Å². The van der Waals surface area contributed by atoms with Crippen molar-refractivity contribution in [1.29, 1.82) is 0 Å². The van der Waals surface area contributed by atoms with Gasteiger partial charge in [0.1, 0.15) is 0 Å². The van der Waals surface area contributed by atoms with Crippen molar-refractivity contribution < 1.29 is 142 Å². The first-order chi connectivity index (χ1) is 19.3. The van der Waals surface area contributed by atoms with Gasteiger partial charge in [0.05, 0.1) is 25.4 Å². The summed E-state index contributed by atoms with van der Waals surface area (Å²) in [7, 11) is 0. The van der Waals surface area contributed by atoms with Crippen molar-refractivity contribution in [3.8, 4) is 0 Å². The van der Waals surface area contributed by atoms with E-state index in [9.17, 15) is 29.4 Å². The summed E-state index contributed by atoms with van der Waals surface area (Å²) in [5.74, 6) is -3.52. The molecule has 232 valence electrons. The maximum Gasteiger partial charge on any atom is 1.00 e. The number of carbonyl (C=O) groups excluding carboxylic acids is 4. The Morgan fingerprint density at radius 3 is 1.05 bits per heavy atom. The monoisotopic (exact) mass is 644 g/mol. The zero-order valence-corrected chi connectivity index (χ0v) is 33.4. The summed E-state index contributed by atoms with van der Waals surface area (Å²) in [6.45, 7) is 4.44. The van der Waals surface area contributed by atoms with Crippen LogP contribution in [0.15, 0.2) is 24.7 Å². The number of carboxylic acid groups (broad SMARTS) is 2. The predicted octanol–water partition coefficient (Wildman–Crippen LogP) is 0.216. The van der Waals surface area contributed by atoms with Gasteiger partial charge in [-0.2, -0.15) is 0 Å².